The maximum Gasteiger partial charge on any atom is 0.0572 e. The SMILES string of the molecule is CCNC(C)c1ccc(N(C)CC2CCCOC2)cn1. The van der Waals surface area contributed by atoms with Crippen LogP contribution in [0.3, 0.4) is 0 Å². The van der Waals surface area contributed by atoms with Crippen LogP contribution in [0, 0.1) is 5.92 Å². The summed E-state index contributed by atoms with van der Waals surface area (Å²) in [5.74, 6) is 0.647. The molecule has 4 heteroatoms. The van der Waals surface area contributed by atoms with E-state index in [9.17, 15) is 0 Å². The van der Waals surface area contributed by atoms with Crippen molar-refractivity contribution in [3.05, 3.63) is 24.0 Å². The van der Waals surface area contributed by atoms with Gasteiger partial charge in [0.2, 0.25) is 0 Å². The Morgan fingerprint density at radius 2 is 2.35 bits per heavy atom. The molecule has 0 radical (unpaired) electrons. The molecule has 0 saturated carbocycles. The average Bonchev–Trinajstić information content (AvgIpc) is 2.48. The fourth-order valence-corrected chi connectivity index (χ4v) is 2.73. The van der Waals surface area contributed by atoms with Gasteiger partial charge in [0.15, 0.2) is 0 Å². The molecule has 20 heavy (non-hydrogen) atoms. The van der Waals surface area contributed by atoms with Crippen molar-refractivity contribution in [2.45, 2.75) is 32.7 Å². The lowest BCUT2D eigenvalue weighted by Gasteiger charge is -2.28. The quantitative estimate of drug-likeness (QED) is 0.867. The highest BCUT2D eigenvalue weighted by Crippen LogP contribution is 2.19. The van der Waals surface area contributed by atoms with Gasteiger partial charge in [-0.25, -0.2) is 0 Å². The van der Waals surface area contributed by atoms with Gasteiger partial charge in [0.05, 0.1) is 24.2 Å². The van der Waals surface area contributed by atoms with Gasteiger partial charge in [-0.15, -0.1) is 0 Å². The van der Waals surface area contributed by atoms with Gasteiger partial charge in [-0.1, -0.05) is 6.92 Å². The molecule has 1 aliphatic rings. The minimum atomic E-state index is 0.311. The van der Waals surface area contributed by atoms with Gasteiger partial charge in [0.1, 0.15) is 0 Å². The lowest BCUT2D eigenvalue weighted by atomic mass is 10.0. The molecule has 1 aromatic heterocycles. The van der Waals surface area contributed by atoms with Crippen LogP contribution < -0.4 is 10.2 Å². The van der Waals surface area contributed by atoms with E-state index in [1.54, 1.807) is 0 Å². The first kappa shape index (κ1) is 15.3. The van der Waals surface area contributed by atoms with Crippen molar-refractivity contribution in [1.82, 2.24) is 10.3 Å². The number of nitrogens with zero attached hydrogens (tertiary/aromatic N) is 2. The highest BCUT2D eigenvalue weighted by Gasteiger charge is 2.16. The number of pyridine rings is 1. The summed E-state index contributed by atoms with van der Waals surface area (Å²) in [6.45, 7) is 8.10. The Morgan fingerprint density at radius 1 is 1.50 bits per heavy atom. The predicted octanol–water partition coefficient (Wildman–Crippen LogP) is 2.61. The first-order valence-corrected chi connectivity index (χ1v) is 7.69. The number of hydrogen-bond donors (Lipinski definition) is 1. The third-order valence-corrected chi connectivity index (χ3v) is 3.95. The fourth-order valence-electron chi connectivity index (χ4n) is 2.73. The number of nitrogens with one attached hydrogen (secondary N) is 1. The van der Waals surface area contributed by atoms with E-state index >= 15 is 0 Å². The number of hydrogen-bond acceptors (Lipinski definition) is 4. The molecule has 2 unspecified atom stereocenters. The van der Waals surface area contributed by atoms with Crippen molar-refractivity contribution in [3.8, 4) is 0 Å². The van der Waals surface area contributed by atoms with E-state index in [1.165, 1.54) is 18.5 Å². The van der Waals surface area contributed by atoms with Crippen molar-refractivity contribution in [3.63, 3.8) is 0 Å². The first-order chi connectivity index (χ1) is 9.70. The fraction of sp³-hybridized carbons (Fsp3) is 0.688. The minimum Gasteiger partial charge on any atom is -0.381 e. The summed E-state index contributed by atoms with van der Waals surface area (Å²) in [6, 6.07) is 4.60. The smallest absolute Gasteiger partial charge is 0.0572 e. The number of anilines is 1. The van der Waals surface area contributed by atoms with E-state index in [2.05, 4.69) is 48.2 Å². The Morgan fingerprint density at radius 3 is 2.95 bits per heavy atom. The molecular weight excluding hydrogens is 250 g/mol. The van der Waals surface area contributed by atoms with E-state index in [-0.39, 0.29) is 0 Å². The van der Waals surface area contributed by atoms with Gasteiger partial charge in [-0.3, -0.25) is 4.98 Å². The van der Waals surface area contributed by atoms with Crippen molar-refractivity contribution in [2.24, 2.45) is 5.92 Å². The van der Waals surface area contributed by atoms with Crippen LogP contribution in [0.2, 0.25) is 0 Å². The number of ether oxygens (including phenoxy) is 1. The first-order valence-electron chi connectivity index (χ1n) is 7.69. The van der Waals surface area contributed by atoms with Crippen molar-refractivity contribution in [2.75, 3.05) is 38.3 Å². The second kappa shape index (κ2) is 7.60. The van der Waals surface area contributed by atoms with Crippen LogP contribution >= 0.6 is 0 Å². The molecule has 0 spiro atoms. The Kier molecular flexibility index (Phi) is 5.80. The molecule has 112 valence electrons. The molecule has 0 bridgehead atoms. The van der Waals surface area contributed by atoms with E-state index in [0.29, 0.717) is 12.0 Å². The number of rotatable bonds is 6. The molecule has 1 saturated heterocycles. The molecule has 4 nitrogen and oxygen atoms in total. The summed E-state index contributed by atoms with van der Waals surface area (Å²) < 4.78 is 5.55. The highest BCUT2D eigenvalue weighted by atomic mass is 16.5. The topological polar surface area (TPSA) is 37.4 Å². The van der Waals surface area contributed by atoms with Crippen LogP contribution in [0.5, 0.6) is 0 Å². The summed E-state index contributed by atoms with van der Waals surface area (Å²) in [6.07, 6.45) is 4.44. The molecule has 2 heterocycles. The highest BCUT2D eigenvalue weighted by molar-refractivity contribution is 5.43. The molecule has 1 aliphatic heterocycles. The van der Waals surface area contributed by atoms with E-state index in [1.807, 2.05) is 6.20 Å². The zero-order chi connectivity index (χ0) is 14.4. The van der Waals surface area contributed by atoms with Gasteiger partial charge in [-0.2, -0.15) is 0 Å². The molecule has 2 atom stereocenters. The zero-order valence-corrected chi connectivity index (χ0v) is 12.9. The van der Waals surface area contributed by atoms with Crippen LogP contribution in [0.25, 0.3) is 0 Å². The average molecular weight is 277 g/mol. The van der Waals surface area contributed by atoms with Gasteiger partial charge < -0.3 is 15.0 Å². The summed E-state index contributed by atoms with van der Waals surface area (Å²) >= 11 is 0. The molecule has 2 rings (SSSR count). The monoisotopic (exact) mass is 277 g/mol. The molecule has 1 aromatic rings. The van der Waals surface area contributed by atoms with Crippen molar-refractivity contribution >= 4 is 5.69 Å². The van der Waals surface area contributed by atoms with Gasteiger partial charge in [0.25, 0.3) is 0 Å². The lowest BCUT2D eigenvalue weighted by Crippen LogP contribution is -2.31. The van der Waals surface area contributed by atoms with Crippen LogP contribution in [-0.4, -0.2) is 38.3 Å². The number of aromatic nitrogens is 1. The Hall–Kier alpha value is -1.13. The van der Waals surface area contributed by atoms with Crippen LogP contribution in [-0.2, 0) is 4.74 Å². The maximum atomic E-state index is 5.55. The summed E-state index contributed by atoms with van der Waals surface area (Å²) in [7, 11) is 2.14. The summed E-state index contributed by atoms with van der Waals surface area (Å²) in [5, 5.41) is 3.38. The Bertz CT molecular complexity index is 387. The second-order valence-corrected chi connectivity index (χ2v) is 5.68. The molecule has 0 aliphatic carbocycles. The third-order valence-electron chi connectivity index (χ3n) is 3.95. The van der Waals surface area contributed by atoms with E-state index in [0.717, 1.165) is 32.0 Å². The molecule has 0 amide bonds. The maximum absolute atomic E-state index is 5.55. The van der Waals surface area contributed by atoms with Gasteiger partial charge in [0, 0.05) is 26.2 Å². The van der Waals surface area contributed by atoms with Gasteiger partial charge >= 0.3 is 0 Å². The van der Waals surface area contributed by atoms with E-state index < -0.39 is 0 Å². The standard InChI is InChI=1S/C16H27N3O/c1-4-17-13(2)16-8-7-15(10-18-16)19(3)11-14-6-5-9-20-12-14/h7-8,10,13-14,17H,4-6,9,11-12H2,1-3H3. The van der Waals surface area contributed by atoms with Gasteiger partial charge in [-0.05, 0) is 44.4 Å². The van der Waals surface area contributed by atoms with Crippen LogP contribution in [0.4, 0.5) is 5.69 Å². The molecule has 1 fully saturated rings. The molecule has 0 aromatic carbocycles. The third kappa shape index (κ3) is 4.18. The second-order valence-electron chi connectivity index (χ2n) is 5.68. The largest absolute Gasteiger partial charge is 0.381 e. The predicted molar refractivity (Wildman–Crippen MR) is 83.1 cm³/mol. The minimum absolute atomic E-state index is 0.311. The van der Waals surface area contributed by atoms with Crippen LogP contribution in [0.1, 0.15) is 38.4 Å². The molecule has 1 N–H and O–H groups in total. The Balaban J connectivity index is 1.91. The molecular formula is C16H27N3O. The Labute approximate surface area is 122 Å². The normalized spacial score (nSPS) is 20.6. The van der Waals surface area contributed by atoms with Crippen molar-refractivity contribution < 1.29 is 4.74 Å². The van der Waals surface area contributed by atoms with Crippen LogP contribution in [0.15, 0.2) is 18.3 Å². The summed E-state index contributed by atoms with van der Waals surface area (Å²) in [4.78, 5) is 6.86. The summed E-state index contributed by atoms with van der Waals surface area (Å²) in [5.41, 5.74) is 2.29. The lowest BCUT2D eigenvalue weighted by molar-refractivity contribution is 0.0576. The van der Waals surface area contributed by atoms with E-state index in [4.69, 9.17) is 4.74 Å². The zero-order valence-electron chi connectivity index (χ0n) is 12.9. The van der Waals surface area contributed by atoms with Crippen molar-refractivity contribution in [1.29, 1.82) is 0 Å².